The number of anilines is 1. The zero-order chi connectivity index (χ0) is 25.0. The SMILES string of the molecule is C=CCOC(=O)Nc1cc(C)c(C)cc1C(=O)N1CC[C@@H](O[Si](C)(C)C(C)(C)C)C[C@H]1CO. The summed E-state index contributed by atoms with van der Waals surface area (Å²) >= 11 is 0. The van der Waals surface area contributed by atoms with E-state index in [1.165, 1.54) is 6.08 Å². The van der Waals surface area contributed by atoms with E-state index in [4.69, 9.17) is 9.16 Å². The molecule has 7 nitrogen and oxygen atoms in total. The Balaban J connectivity index is 2.24. The molecule has 1 heterocycles. The topological polar surface area (TPSA) is 88.1 Å². The van der Waals surface area contributed by atoms with Crippen molar-refractivity contribution in [1.82, 2.24) is 4.90 Å². The first kappa shape index (κ1) is 27.1. The van der Waals surface area contributed by atoms with Crippen LogP contribution in [-0.4, -0.2) is 62.2 Å². The minimum Gasteiger partial charge on any atom is -0.445 e. The molecule has 1 aliphatic heterocycles. The van der Waals surface area contributed by atoms with Gasteiger partial charge in [-0.15, -0.1) is 0 Å². The second-order valence-corrected chi connectivity index (χ2v) is 15.1. The summed E-state index contributed by atoms with van der Waals surface area (Å²) in [5.41, 5.74) is 2.68. The number of likely N-dealkylation sites (tertiary alicyclic amines) is 1. The van der Waals surface area contributed by atoms with E-state index >= 15 is 0 Å². The van der Waals surface area contributed by atoms with E-state index in [2.05, 4.69) is 45.8 Å². The van der Waals surface area contributed by atoms with Crippen molar-refractivity contribution in [2.24, 2.45) is 0 Å². The molecule has 0 radical (unpaired) electrons. The molecular formula is C25H40N2O5Si. The molecule has 1 aromatic carbocycles. The van der Waals surface area contributed by atoms with Crippen molar-refractivity contribution >= 4 is 26.0 Å². The third kappa shape index (κ3) is 6.68. The van der Waals surface area contributed by atoms with Gasteiger partial charge >= 0.3 is 6.09 Å². The number of piperidine rings is 1. The van der Waals surface area contributed by atoms with Crippen LogP contribution >= 0.6 is 0 Å². The standard InChI is InChI=1S/C25H40N2O5Si/c1-9-12-31-24(30)26-22-14-18(3)17(2)13-21(22)23(29)27-11-10-20(15-19(27)16-28)32-33(7,8)25(4,5)6/h9,13-14,19-20,28H,1,10-12,15-16H2,2-8H3,(H,26,30)/t19-,20+/m0/s1. The van der Waals surface area contributed by atoms with Gasteiger partial charge in [-0.2, -0.15) is 0 Å². The van der Waals surface area contributed by atoms with Gasteiger partial charge in [-0.1, -0.05) is 33.4 Å². The number of nitrogens with one attached hydrogen (secondary N) is 1. The molecule has 0 aromatic heterocycles. The number of nitrogens with zero attached hydrogens (tertiary/aromatic N) is 1. The molecule has 2 rings (SSSR count). The maximum Gasteiger partial charge on any atom is 0.411 e. The second-order valence-electron chi connectivity index (χ2n) is 10.4. The van der Waals surface area contributed by atoms with E-state index < -0.39 is 14.4 Å². The normalized spacial score (nSPS) is 19.2. The molecule has 33 heavy (non-hydrogen) atoms. The predicted molar refractivity (Wildman–Crippen MR) is 134 cm³/mol. The number of carbonyl (C=O) groups excluding carboxylic acids is 2. The minimum absolute atomic E-state index is 0.0123. The second kappa shape index (κ2) is 10.8. The molecule has 1 aromatic rings. The lowest BCUT2D eigenvalue weighted by molar-refractivity contribution is 0.0202. The summed E-state index contributed by atoms with van der Waals surface area (Å²) in [6, 6.07) is 3.22. The summed E-state index contributed by atoms with van der Waals surface area (Å²) in [5.74, 6) is -0.220. The van der Waals surface area contributed by atoms with Gasteiger partial charge < -0.3 is 19.2 Å². The Kier molecular flexibility index (Phi) is 8.90. The zero-order valence-electron chi connectivity index (χ0n) is 21.2. The molecule has 0 bridgehead atoms. The van der Waals surface area contributed by atoms with Crippen LogP contribution in [0.2, 0.25) is 18.1 Å². The van der Waals surface area contributed by atoms with Crippen LogP contribution in [0, 0.1) is 13.8 Å². The first-order valence-corrected chi connectivity index (χ1v) is 14.5. The van der Waals surface area contributed by atoms with Crippen LogP contribution < -0.4 is 5.32 Å². The van der Waals surface area contributed by atoms with Gasteiger partial charge in [0.1, 0.15) is 6.61 Å². The molecule has 1 aliphatic rings. The van der Waals surface area contributed by atoms with Gasteiger partial charge in [0.25, 0.3) is 5.91 Å². The predicted octanol–water partition coefficient (Wildman–Crippen LogP) is 5.03. The van der Waals surface area contributed by atoms with Gasteiger partial charge in [-0.05, 0) is 68.1 Å². The number of amides is 2. The Hall–Kier alpha value is -2.16. The van der Waals surface area contributed by atoms with Crippen molar-refractivity contribution in [2.75, 3.05) is 25.1 Å². The van der Waals surface area contributed by atoms with Gasteiger partial charge in [0, 0.05) is 12.6 Å². The van der Waals surface area contributed by atoms with E-state index in [0.29, 0.717) is 30.6 Å². The molecule has 0 saturated carbocycles. The summed E-state index contributed by atoms with van der Waals surface area (Å²) in [7, 11) is -1.95. The molecule has 2 atom stereocenters. The monoisotopic (exact) mass is 476 g/mol. The van der Waals surface area contributed by atoms with Crippen molar-refractivity contribution in [3.05, 3.63) is 41.5 Å². The van der Waals surface area contributed by atoms with Crippen molar-refractivity contribution in [2.45, 2.75) is 77.7 Å². The summed E-state index contributed by atoms with van der Waals surface area (Å²) in [4.78, 5) is 27.4. The molecule has 0 unspecified atom stereocenters. The van der Waals surface area contributed by atoms with Gasteiger partial charge in [-0.3, -0.25) is 10.1 Å². The van der Waals surface area contributed by atoms with Crippen molar-refractivity contribution in [3.8, 4) is 0 Å². The van der Waals surface area contributed by atoms with Crippen LogP contribution in [0.4, 0.5) is 10.5 Å². The largest absolute Gasteiger partial charge is 0.445 e. The van der Waals surface area contributed by atoms with Crippen LogP contribution in [0.25, 0.3) is 0 Å². The number of carbonyl (C=O) groups is 2. The van der Waals surface area contributed by atoms with E-state index in [9.17, 15) is 14.7 Å². The Labute approximate surface area is 199 Å². The van der Waals surface area contributed by atoms with Crippen LogP contribution in [0.1, 0.15) is 55.1 Å². The van der Waals surface area contributed by atoms with E-state index in [-0.39, 0.29) is 36.3 Å². The Morgan fingerprint density at radius 3 is 2.48 bits per heavy atom. The highest BCUT2D eigenvalue weighted by Gasteiger charge is 2.41. The van der Waals surface area contributed by atoms with E-state index in [0.717, 1.165) is 11.1 Å². The van der Waals surface area contributed by atoms with Crippen LogP contribution in [0.3, 0.4) is 0 Å². The van der Waals surface area contributed by atoms with Gasteiger partial charge in [0.05, 0.1) is 23.9 Å². The summed E-state index contributed by atoms with van der Waals surface area (Å²) in [6.45, 7) is 18.9. The fraction of sp³-hybridized carbons (Fsp3) is 0.600. The summed E-state index contributed by atoms with van der Waals surface area (Å²) in [5, 5.41) is 12.9. The lowest BCUT2D eigenvalue weighted by Crippen LogP contribution is -2.53. The fourth-order valence-electron chi connectivity index (χ4n) is 3.69. The lowest BCUT2D eigenvalue weighted by Gasteiger charge is -2.44. The maximum absolute atomic E-state index is 13.6. The number of hydrogen-bond acceptors (Lipinski definition) is 5. The quantitative estimate of drug-likeness (QED) is 0.426. The minimum atomic E-state index is -1.95. The lowest BCUT2D eigenvalue weighted by atomic mass is 9.97. The molecule has 0 aliphatic carbocycles. The Bertz CT molecular complexity index is 878. The Morgan fingerprint density at radius 1 is 1.27 bits per heavy atom. The van der Waals surface area contributed by atoms with Crippen molar-refractivity contribution in [3.63, 3.8) is 0 Å². The first-order chi connectivity index (χ1) is 15.3. The van der Waals surface area contributed by atoms with Crippen molar-refractivity contribution < 1.29 is 23.9 Å². The molecular weight excluding hydrogens is 436 g/mol. The van der Waals surface area contributed by atoms with Crippen molar-refractivity contribution in [1.29, 1.82) is 0 Å². The Morgan fingerprint density at radius 2 is 1.91 bits per heavy atom. The zero-order valence-corrected chi connectivity index (χ0v) is 22.2. The van der Waals surface area contributed by atoms with Gasteiger partial charge in [0.2, 0.25) is 0 Å². The molecule has 184 valence electrons. The van der Waals surface area contributed by atoms with Gasteiger partial charge in [0.15, 0.2) is 8.32 Å². The molecule has 1 saturated heterocycles. The first-order valence-electron chi connectivity index (χ1n) is 11.6. The molecule has 2 N–H and O–H groups in total. The molecule has 1 fully saturated rings. The van der Waals surface area contributed by atoms with Crippen LogP contribution in [0.15, 0.2) is 24.8 Å². The fourth-order valence-corrected chi connectivity index (χ4v) is 5.09. The smallest absolute Gasteiger partial charge is 0.411 e. The number of aliphatic hydroxyl groups excluding tert-OH is 1. The molecule has 8 heteroatoms. The highest BCUT2D eigenvalue weighted by atomic mass is 28.4. The highest BCUT2D eigenvalue weighted by molar-refractivity contribution is 6.74. The van der Waals surface area contributed by atoms with Crippen LogP contribution in [-0.2, 0) is 9.16 Å². The number of hydrogen-bond donors (Lipinski definition) is 2. The van der Waals surface area contributed by atoms with Gasteiger partial charge in [-0.25, -0.2) is 4.79 Å². The van der Waals surface area contributed by atoms with E-state index in [1.807, 2.05) is 13.8 Å². The third-order valence-corrected chi connectivity index (χ3v) is 11.4. The average molecular weight is 477 g/mol. The van der Waals surface area contributed by atoms with Crippen LogP contribution in [0.5, 0.6) is 0 Å². The number of rotatable bonds is 7. The number of ether oxygens (including phenoxy) is 1. The maximum atomic E-state index is 13.6. The summed E-state index contributed by atoms with van der Waals surface area (Å²) in [6.07, 6.45) is 2.15. The molecule has 2 amide bonds. The number of aliphatic hydroxyl groups is 1. The summed E-state index contributed by atoms with van der Waals surface area (Å²) < 4.78 is 11.6. The molecule has 0 spiro atoms. The number of aryl methyl sites for hydroxylation is 2. The van der Waals surface area contributed by atoms with E-state index in [1.54, 1.807) is 17.0 Å². The highest BCUT2D eigenvalue weighted by Crippen LogP contribution is 2.39. The third-order valence-electron chi connectivity index (χ3n) is 6.84. The number of benzene rings is 1. The average Bonchev–Trinajstić information content (AvgIpc) is 2.73.